The van der Waals surface area contributed by atoms with Crippen molar-refractivity contribution in [1.29, 1.82) is 0 Å². The van der Waals surface area contributed by atoms with Crippen molar-refractivity contribution in [2.75, 3.05) is 5.32 Å². The first kappa shape index (κ1) is 18.5. The van der Waals surface area contributed by atoms with Crippen LogP contribution in [0.15, 0.2) is 39.2 Å². The summed E-state index contributed by atoms with van der Waals surface area (Å²) in [4.78, 5) is 20.3. The fraction of sp³-hybridized carbons (Fsp3) is 0.235. The number of aryl methyl sites for hydroxylation is 1. The predicted octanol–water partition coefficient (Wildman–Crippen LogP) is 4.45. The van der Waals surface area contributed by atoms with Gasteiger partial charge in [0.05, 0.1) is 28.8 Å². The summed E-state index contributed by atoms with van der Waals surface area (Å²) in [5.74, 6) is -0.406. The van der Waals surface area contributed by atoms with Crippen LogP contribution in [0.2, 0.25) is 0 Å². The van der Waals surface area contributed by atoms with E-state index in [1.54, 1.807) is 12.4 Å². The molecule has 0 aliphatic rings. The fourth-order valence-corrected chi connectivity index (χ4v) is 3.86. The zero-order valence-corrected chi connectivity index (χ0v) is 15.4. The summed E-state index contributed by atoms with van der Waals surface area (Å²) in [6.07, 6.45) is 3.87. The molecular formula is C17H15F2N3O2S2. The number of carbonyl (C=O) groups is 1. The smallest absolute Gasteiger partial charge is 0.230 e. The molecule has 0 bridgehead atoms. The van der Waals surface area contributed by atoms with E-state index in [0.29, 0.717) is 16.8 Å². The SMILES string of the molecule is CCc1cnc(CSc2cnc(NC(=O)Cc3cccc(F)c3F)s2)o1. The quantitative estimate of drug-likeness (QED) is 0.599. The number of halogens is 2. The molecule has 9 heteroatoms. The number of aromatic nitrogens is 2. The molecule has 1 amide bonds. The predicted molar refractivity (Wildman–Crippen MR) is 96.2 cm³/mol. The van der Waals surface area contributed by atoms with Gasteiger partial charge >= 0.3 is 0 Å². The summed E-state index contributed by atoms with van der Waals surface area (Å²) in [6.45, 7) is 1.99. The molecule has 0 saturated heterocycles. The average Bonchev–Trinajstić information content (AvgIpc) is 3.26. The highest BCUT2D eigenvalue weighted by atomic mass is 32.2. The lowest BCUT2D eigenvalue weighted by molar-refractivity contribution is -0.115. The minimum Gasteiger partial charge on any atom is -0.445 e. The Kier molecular flexibility index (Phi) is 6.00. The van der Waals surface area contributed by atoms with E-state index in [1.165, 1.54) is 35.2 Å². The lowest BCUT2D eigenvalue weighted by Crippen LogP contribution is -2.15. The van der Waals surface area contributed by atoms with E-state index in [-0.39, 0.29) is 12.0 Å². The molecule has 0 aliphatic heterocycles. The molecule has 0 unspecified atom stereocenters. The summed E-state index contributed by atoms with van der Waals surface area (Å²) in [7, 11) is 0. The van der Waals surface area contributed by atoms with Gasteiger partial charge in [-0.25, -0.2) is 18.7 Å². The van der Waals surface area contributed by atoms with Gasteiger partial charge in [-0.3, -0.25) is 4.79 Å². The van der Waals surface area contributed by atoms with E-state index >= 15 is 0 Å². The third-order valence-corrected chi connectivity index (χ3v) is 5.49. The van der Waals surface area contributed by atoms with Gasteiger partial charge in [-0.2, -0.15) is 0 Å². The van der Waals surface area contributed by atoms with E-state index in [0.717, 1.165) is 22.5 Å². The van der Waals surface area contributed by atoms with E-state index in [4.69, 9.17) is 4.42 Å². The zero-order valence-electron chi connectivity index (χ0n) is 13.8. The molecule has 26 heavy (non-hydrogen) atoms. The number of benzene rings is 1. The minimum atomic E-state index is -1.00. The van der Waals surface area contributed by atoms with Crippen LogP contribution in [0.25, 0.3) is 0 Å². The van der Waals surface area contributed by atoms with Crippen molar-refractivity contribution in [3.05, 3.63) is 59.4 Å². The highest BCUT2D eigenvalue weighted by Crippen LogP contribution is 2.30. The first-order valence-corrected chi connectivity index (χ1v) is 9.60. The topological polar surface area (TPSA) is 68.0 Å². The second-order valence-electron chi connectivity index (χ2n) is 5.28. The Morgan fingerprint density at radius 2 is 2.15 bits per heavy atom. The number of hydrogen-bond donors (Lipinski definition) is 1. The van der Waals surface area contributed by atoms with E-state index in [2.05, 4.69) is 15.3 Å². The number of thiazole rings is 1. The Hall–Kier alpha value is -2.26. The van der Waals surface area contributed by atoms with E-state index in [1.807, 2.05) is 6.92 Å². The van der Waals surface area contributed by atoms with Crippen LogP contribution in [0.3, 0.4) is 0 Å². The molecule has 3 rings (SSSR count). The number of nitrogens with one attached hydrogen (secondary N) is 1. The first-order valence-electron chi connectivity index (χ1n) is 7.80. The van der Waals surface area contributed by atoms with Crippen LogP contribution in [-0.2, 0) is 23.4 Å². The van der Waals surface area contributed by atoms with Crippen molar-refractivity contribution in [3.63, 3.8) is 0 Å². The Morgan fingerprint density at radius 3 is 2.92 bits per heavy atom. The van der Waals surface area contributed by atoms with Crippen LogP contribution in [0, 0.1) is 11.6 Å². The molecule has 5 nitrogen and oxygen atoms in total. The number of carbonyl (C=O) groups excluding carboxylic acids is 1. The first-order chi connectivity index (χ1) is 12.5. The van der Waals surface area contributed by atoms with Gasteiger partial charge in [0.15, 0.2) is 16.8 Å². The fourth-order valence-electron chi connectivity index (χ4n) is 2.12. The molecule has 0 spiro atoms. The number of oxazole rings is 1. The summed E-state index contributed by atoms with van der Waals surface area (Å²) < 4.78 is 33.2. The third kappa shape index (κ3) is 4.67. The van der Waals surface area contributed by atoms with Gasteiger partial charge in [-0.15, -0.1) is 11.8 Å². The Bertz CT molecular complexity index is 911. The van der Waals surface area contributed by atoms with E-state index in [9.17, 15) is 13.6 Å². The van der Waals surface area contributed by atoms with Crippen molar-refractivity contribution in [2.45, 2.75) is 29.7 Å². The van der Waals surface area contributed by atoms with Gasteiger partial charge in [0.25, 0.3) is 0 Å². The minimum absolute atomic E-state index is 0.00396. The maximum Gasteiger partial charge on any atom is 0.230 e. The molecule has 2 heterocycles. The van der Waals surface area contributed by atoms with Gasteiger partial charge in [-0.05, 0) is 6.07 Å². The maximum atomic E-state index is 13.6. The largest absolute Gasteiger partial charge is 0.445 e. The van der Waals surface area contributed by atoms with Crippen LogP contribution in [0.1, 0.15) is 24.1 Å². The third-order valence-electron chi connectivity index (χ3n) is 3.40. The molecule has 2 aromatic heterocycles. The molecule has 0 fully saturated rings. The van der Waals surface area contributed by atoms with Crippen molar-refractivity contribution in [3.8, 4) is 0 Å². The summed E-state index contributed by atoms with van der Waals surface area (Å²) >= 11 is 2.79. The van der Waals surface area contributed by atoms with Crippen molar-refractivity contribution in [2.24, 2.45) is 0 Å². The van der Waals surface area contributed by atoms with Crippen LogP contribution in [0.4, 0.5) is 13.9 Å². The van der Waals surface area contributed by atoms with E-state index < -0.39 is 17.5 Å². The highest BCUT2D eigenvalue weighted by molar-refractivity contribution is 8.00. The molecule has 136 valence electrons. The summed E-state index contributed by atoms with van der Waals surface area (Å²) in [5.41, 5.74) is 0.00396. The monoisotopic (exact) mass is 395 g/mol. The Morgan fingerprint density at radius 1 is 1.31 bits per heavy atom. The number of amides is 1. The van der Waals surface area contributed by atoms with Crippen LogP contribution in [-0.4, -0.2) is 15.9 Å². The van der Waals surface area contributed by atoms with Gasteiger partial charge in [0.2, 0.25) is 11.8 Å². The molecule has 1 N–H and O–H groups in total. The van der Waals surface area contributed by atoms with Crippen LogP contribution < -0.4 is 5.32 Å². The lowest BCUT2D eigenvalue weighted by atomic mass is 10.1. The van der Waals surface area contributed by atoms with Gasteiger partial charge in [0.1, 0.15) is 5.76 Å². The van der Waals surface area contributed by atoms with Crippen molar-refractivity contribution < 1.29 is 18.0 Å². The molecule has 1 aromatic carbocycles. The Labute approximate surface area is 156 Å². The number of rotatable bonds is 7. The molecule has 0 radical (unpaired) electrons. The molecular weight excluding hydrogens is 380 g/mol. The van der Waals surface area contributed by atoms with Crippen LogP contribution >= 0.6 is 23.1 Å². The summed E-state index contributed by atoms with van der Waals surface area (Å²) in [5, 5.41) is 2.99. The van der Waals surface area contributed by atoms with Crippen molar-refractivity contribution in [1.82, 2.24) is 9.97 Å². The molecule has 3 aromatic rings. The maximum absolute atomic E-state index is 13.6. The normalized spacial score (nSPS) is 10.9. The van der Waals surface area contributed by atoms with Crippen molar-refractivity contribution >= 4 is 34.1 Å². The lowest BCUT2D eigenvalue weighted by Gasteiger charge is -2.03. The number of anilines is 1. The summed E-state index contributed by atoms with van der Waals surface area (Å²) in [6, 6.07) is 3.76. The highest BCUT2D eigenvalue weighted by Gasteiger charge is 2.13. The average molecular weight is 395 g/mol. The molecule has 0 aliphatic carbocycles. The number of nitrogens with zero attached hydrogens (tertiary/aromatic N) is 2. The standard InChI is InChI=1S/C17H15F2N3O2S2/c1-2-11-7-20-14(24-11)9-25-15-8-21-17(26-15)22-13(23)6-10-4-3-5-12(18)16(10)19/h3-5,7-8H,2,6,9H2,1H3,(H,21,22,23). The van der Waals surface area contributed by atoms with Gasteiger partial charge in [-0.1, -0.05) is 30.4 Å². The Balaban J connectivity index is 1.54. The number of hydrogen-bond acceptors (Lipinski definition) is 6. The van der Waals surface area contributed by atoms with Gasteiger partial charge < -0.3 is 9.73 Å². The zero-order chi connectivity index (χ0) is 18.5. The molecule has 0 atom stereocenters. The second kappa shape index (κ2) is 8.41. The second-order valence-corrected chi connectivity index (χ2v) is 7.59. The van der Waals surface area contributed by atoms with Crippen LogP contribution in [0.5, 0.6) is 0 Å². The molecule has 0 saturated carbocycles. The number of thioether (sulfide) groups is 1. The van der Waals surface area contributed by atoms with Gasteiger partial charge in [0, 0.05) is 12.0 Å².